The van der Waals surface area contributed by atoms with Crippen LogP contribution < -0.4 is 0 Å². The maximum atomic E-state index is 13.4. The Bertz CT molecular complexity index is 1080. The summed E-state index contributed by atoms with van der Waals surface area (Å²) in [5.41, 5.74) is 1.63. The smallest absolute Gasteiger partial charge is 0.309 e. The van der Waals surface area contributed by atoms with Gasteiger partial charge in [-0.15, -0.1) is 0 Å². The minimum atomic E-state index is -3.93. The lowest BCUT2D eigenvalue weighted by Crippen LogP contribution is -2.46. The molecule has 0 radical (unpaired) electrons. The van der Waals surface area contributed by atoms with Crippen molar-refractivity contribution in [1.82, 2.24) is 9.21 Å². The highest BCUT2D eigenvalue weighted by Gasteiger charge is 2.32. The minimum absolute atomic E-state index is 0.0157. The van der Waals surface area contributed by atoms with E-state index < -0.39 is 10.0 Å². The number of aryl methyl sites for hydroxylation is 1. The molecule has 0 bridgehead atoms. The highest BCUT2D eigenvalue weighted by Crippen LogP contribution is 2.23. The third kappa shape index (κ3) is 6.56. The van der Waals surface area contributed by atoms with Crippen LogP contribution in [0.5, 0.6) is 0 Å². The first-order valence-electron chi connectivity index (χ1n) is 11.0. The second-order valence-corrected chi connectivity index (χ2v) is 10.5. The number of piperidine rings is 1. The number of hydrogen-bond donors (Lipinski definition) is 0. The number of ether oxygens (including phenoxy) is 1. The van der Waals surface area contributed by atoms with Gasteiger partial charge in [-0.25, -0.2) is 8.42 Å². The maximum Gasteiger partial charge on any atom is 0.309 e. The van der Waals surface area contributed by atoms with Gasteiger partial charge in [0, 0.05) is 24.7 Å². The number of benzene rings is 2. The third-order valence-corrected chi connectivity index (χ3v) is 7.73. The zero-order valence-electron chi connectivity index (χ0n) is 18.9. The van der Waals surface area contributed by atoms with Crippen LogP contribution in [0.3, 0.4) is 0 Å². The van der Waals surface area contributed by atoms with E-state index in [0.717, 1.165) is 5.56 Å². The van der Waals surface area contributed by atoms with Gasteiger partial charge in [0.15, 0.2) is 0 Å². The van der Waals surface area contributed by atoms with Crippen LogP contribution in [0.25, 0.3) is 0 Å². The van der Waals surface area contributed by atoms with Crippen LogP contribution in [0, 0.1) is 12.8 Å². The van der Waals surface area contributed by atoms with Crippen molar-refractivity contribution in [3.8, 4) is 0 Å². The molecule has 1 aliphatic rings. The van der Waals surface area contributed by atoms with Crippen LogP contribution >= 0.6 is 11.6 Å². The summed E-state index contributed by atoms with van der Waals surface area (Å²) in [6.07, 6.45) is 1.01. The van der Waals surface area contributed by atoms with Crippen LogP contribution in [-0.2, 0) is 30.9 Å². The van der Waals surface area contributed by atoms with Crippen molar-refractivity contribution in [2.75, 3.05) is 26.2 Å². The number of nitrogens with zero attached hydrogens (tertiary/aromatic N) is 2. The molecule has 1 fully saturated rings. The summed E-state index contributed by atoms with van der Waals surface area (Å²) in [4.78, 5) is 26.8. The lowest BCUT2D eigenvalue weighted by molar-refractivity contribution is -0.151. The summed E-state index contributed by atoms with van der Waals surface area (Å²) >= 11 is 6.09. The van der Waals surface area contributed by atoms with E-state index in [0.29, 0.717) is 43.1 Å². The van der Waals surface area contributed by atoms with E-state index in [1.807, 2.05) is 6.92 Å². The number of rotatable bonds is 8. The quantitative estimate of drug-likeness (QED) is 0.525. The van der Waals surface area contributed by atoms with Gasteiger partial charge >= 0.3 is 5.97 Å². The molecular weight excluding hydrogens is 464 g/mol. The predicted molar refractivity (Wildman–Crippen MR) is 126 cm³/mol. The fourth-order valence-electron chi connectivity index (χ4n) is 3.80. The summed E-state index contributed by atoms with van der Waals surface area (Å²) < 4.78 is 33.1. The zero-order chi connectivity index (χ0) is 24.0. The van der Waals surface area contributed by atoms with E-state index in [-0.39, 0.29) is 35.8 Å². The minimum Gasteiger partial charge on any atom is -0.466 e. The van der Waals surface area contributed by atoms with E-state index in [1.54, 1.807) is 60.4 Å². The Morgan fingerprint density at radius 1 is 1.12 bits per heavy atom. The molecule has 1 heterocycles. The molecule has 0 atom stereocenters. The van der Waals surface area contributed by atoms with Crippen LogP contribution in [0.1, 0.15) is 30.9 Å². The normalized spacial score (nSPS) is 15.0. The number of carbonyl (C=O) groups excluding carboxylic acids is 2. The van der Waals surface area contributed by atoms with Gasteiger partial charge in [-0.2, -0.15) is 4.31 Å². The summed E-state index contributed by atoms with van der Waals surface area (Å²) in [6, 6.07) is 13.5. The SMILES string of the molecule is CCOC(=O)C1CCN(C(=O)CN(Cc2cccc(Cl)c2)S(=O)(=O)c2ccc(C)cc2)CC1. The van der Waals surface area contributed by atoms with Crippen LogP contribution in [-0.4, -0.2) is 55.7 Å². The van der Waals surface area contributed by atoms with Gasteiger partial charge in [0.05, 0.1) is 24.0 Å². The van der Waals surface area contributed by atoms with Gasteiger partial charge in [-0.1, -0.05) is 41.4 Å². The molecule has 2 aromatic carbocycles. The molecule has 0 unspecified atom stereocenters. The van der Waals surface area contributed by atoms with Gasteiger partial charge in [-0.05, 0) is 56.5 Å². The number of likely N-dealkylation sites (tertiary alicyclic amines) is 1. The number of sulfonamides is 1. The Balaban J connectivity index is 1.77. The van der Waals surface area contributed by atoms with E-state index in [9.17, 15) is 18.0 Å². The van der Waals surface area contributed by atoms with Crippen LogP contribution in [0.4, 0.5) is 0 Å². The van der Waals surface area contributed by atoms with E-state index in [2.05, 4.69) is 0 Å². The van der Waals surface area contributed by atoms with E-state index >= 15 is 0 Å². The highest BCUT2D eigenvalue weighted by atomic mass is 35.5. The average Bonchev–Trinajstić information content (AvgIpc) is 2.79. The van der Waals surface area contributed by atoms with Crippen molar-refractivity contribution in [3.63, 3.8) is 0 Å². The summed E-state index contributed by atoms with van der Waals surface area (Å²) in [5.74, 6) is -0.767. The molecule has 33 heavy (non-hydrogen) atoms. The van der Waals surface area contributed by atoms with Gasteiger partial charge < -0.3 is 9.64 Å². The number of halogens is 1. The second-order valence-electron chi connectivity index (χ2n) is 8.12. The van der Waals surface area contributed by atoms with E-state index in [1.165, 1.54) is 4.31 Å². The average molecular weight is 493 g/mol. The molecule has 1 saturated heterocycles. The first kappa shape index (κ1) is 25.2. The molecular formula is C24H29ClN2O5S. The van der Waals surface area contributed by atoms with Crippen molar-refractivity contribution in [1.29, 1.82) is 0 Å². The molecule has 0 aromatic heterocycles. The molecule has 3 rings (SSSR count). The topological polar surface area (TPSA) is 84.0 Å². The molecule has 0 aliphatic carbocycles. The largest absolute Gasteiger partial charge is 0.466 e. The third-order valence-electron chi connectivity index (χ3n) is 5.69. The van der Waals surface area contributed by atoms with Crippen molar-refractivity contribution in [2.45, 2.75) is 38.1 Å². The highest BCUT2D eigenvalue weighted by molar-refractivity contribution is 7.89. The fraction of sp³-hybridized carbons (Fsp3) is 0.417. The van der Waals surface area contributed by atoms with Gasteiger partial charge in [0.25, 0.3) is 0 Å². The van der Waals surface area contributed by atoms with Crippen LogP contribution in [0.2, 0.25) is 5.02 Å². The Hall–Kier alpha value is -2.42. The molecule has 0 N–H and O–H groups in total. The standard InChI is InChI=1S/C24H29ClN2O5S/c1-3-32-24(29)20-11-13-26(14-12-20)23(28)17-27(16-19-5-4-6-21(25)15-19)33(30,31)22-9-7-18(2)8-10-22/h4-10,15,20H,3,11-14,16-17H2,1-2H3. The number of carbonyl (C=O) groups is 2. The molecule has 0 spiro atoms. The van der Waals surface area contributed by atoms with Crippen LogP contribution in [0.15, 0.2) is 53.4 Å². The Kier molecular flexibility index (Phi) is 8.51. The maximum absolute atomic E-state index is 13.4. The number of hydrogen-bond acceptors (Lipinski definition) is 5. The molecule has 9 heteroatoms. The molecule has 1 aliphatic heterocycles. The first-order chi connectivity index (χ1) is 15.7. The number of esters is 1. The Labute approximate surface area is 200 Å². The predicted octanol–water partition coefficient (Wildman–Crippen LogP) is 3.64. The van der Waals surface area contributed by atoms with E-state index in [4.69, 9.17) is 16.3 Å². The van der Waals surface area contributed by atoms with Crippen molar-refractivity contribution in [2.24, 2.45) is 5.92 Å². The lowest BCUT2D eigenvalue weighted by atomic mass is 9.97. The summed E-state index contributed by atoms with van der Waals surface area (Å²) in [5, 5.41) is 0.493. The van der Waals surface area contributed by atoms with Gasteiger partial charge in [0.2, 0.25) is 15.9 Å². The van der Waals surface area contributed by atoms with Crippen molar-refractivity contribution in [3.05, 3.63) is 64.7 Å². The monoisotopic (exact) mass is 492 g/mol. The number of amides is 1. The van der Waals surface area contributed by atoms with Crippen molar-refractivity contribution >= 4 is 33.5 Å². The molecule has 178 valence electrons. The summed E-state index contributed by atoms with van der Waals surface area (Å²) in [6.45, 7) is 4.46. The zero-order valence-corrected chi connectivity index (χ0v) is 20.4. The lowest BCUT2D eigenvalue weighted by Gasteiger charge is -2.32. The Morgan fingerprint density at radius 3 is 2.39 bits per heavy atom. The second kappa shape index (κ2) is 11.1. The molecule has 2 aromatic rings. The van der Waals surface area contributed by atoms with Gasteiger partial charge in [-0.3, -0.25) is 9.59 Å². The fourth-order valence-corrected chi connectivity index (χ4v) is 5.39. The molecule has 1 amide bonds. The molecule has 0 saturated carbocycles. The van der Waals surface area contributed by atoms with Gasteiger partial charge in [0.1, 0.15) is 0 Å². The Morgan fingerprint density at radius 2 is 1.79 bits per heavy atom. The first-order valence-corrected chi connectivity index (χ1v) is 12.8. The summed E-state index contributed by atoms with van der Waals surface area (Å²) in [7, 11) is -3.93. The molecule has 7 nitrogen and oxygen atoms in total. The van der Waals surface area contributed by atoms with Crippen molar-refractivity contribution < 1.29 is 22.7 Å².